The van der Waals surface area contributed by atoms with Gasteiger partial charge in [0.1, 0.15) is 12.7 Å². The van der Waals surface area contributed by atoms with Crippen LogP contribution in [0.3, 0.4) is 0 Å². The van der Waals surface area contributed by atoms with Crippen molar-refractivity contribution in [3.63, 3.8) is 0 Å². The molecule has 0 radical (unpaired) electrons. The number of aryl methyl sites for hydroxylation is 1. The van der Waals surface area contributed by atoms with E-state index in [1.807, 2.05) is 6.92 Å². The largest absolute Gasteiger partial charge is 0.334 e. The number of amides is 2. The molecule has 0 unspecified atom stereocenters. The summed E-state index contributed by atoms with van der Waals surface area (Å²) in [6, 6.07) is 6.41. The maximum Gasteiger partial charge on any atom is 0.315 e. The molecule has 0 aliphatic heterocycles. The second-order valence-corrected chi connectivity index (χ2v) is 6.50. The maximum absolute atomic E-state index is 12.3. The number of nitrogens with zero attached hydrogens (tertiary/aromatic N) is 3. The van der Waals surface area contributed by atoms with Crippen LogP contribution in [-0.4, -0.2) is 26.8 Å². The van der Waals surface area contributed by atoms with Gasteiger partial charge in [0, 0.05) is 6.04 Å². The van der Waals surface area contributed by atoms with Crippen LogP contribution in [0.4, 0.5) is 4.79 Å². The fraction of sp³-hybridized carbons (Fsp3) is 0.471. The second-order valence-electron chi connectivity index (χ2n) is 6.50. The predicted molar refractivity (Wildman–Crippen MR) is 87.9 cm³/mol. The zero-order valence-corrected chi connectivity index (χ0v) is 13.8. The van der Waals surface area contributed by atoms with Crippen LogP contribution in [0.5, 0.6) is 0 Å². The number of hydrogen-bond acceptors (Lipinski definition) is 3. The number of urea groups is 1. The van der Waals surface area contributed by atoms with Crippen molar-refractivity contribution in [2.75, 3.05) is 0 Å². The number of aromatic nitrogens is 3. The Balaban J connectivity index is 1.61. The van der Waals surface area contributed by atoms with Gasteiger partial charge in [-0.3, -0.25) is 4.68 Å². The minimum absolute atomic E-state index is 0.0228. The number of hydrogen-bond donors (Lipinski definition) is 2. The van der Waals surface area contributed by atoms with Gasteiger partial charge in [-0.05, 0) is 37.3 Å². The lowest BCUT2D eigenvalue weighted by Crippen LogP contribution is -2.44. The van der Waals surface area contributed by atoms with E-state index in [1.165, 1.54) is 23.0 Å². The van der Waals surface area contributed by atoms with Gasteiger partial charge >= 0.3 is 6.03 Å². The third-order valence-corrected chi connectivity index (χ3v) is 4.34. The third kappa shape index (κ3) is 3.52. The molecule has 122 valence electrons. The number of benzene rings is 1. The molecule has 0 saturated heterocycles. The number of carbonyl (C=O) groups excluding carboxylic acids is 1. The number of fused-ring (bicyclic) bond motifs is 1. The van der Waals surface area contributed by atoms with E-state index in [-0.39, 0.29) is 18.1 Å². The van der Waals surface area contributed by atoms with Crippen molar-refractivity contribution < 1.29 is 4.79 Å². The number of nitrogens with one attached hydrogen (secondary N) is 2. The lowest BCUT2D eigenvalue weighted by molar-refractivity contribution is 0.229. The van der Waals surface area contributed by atoms with Crippen LogP contribution < -0.4 is 10.6 Å². The van der Waals surface area contributed by atoms with Crippen LogP contribution in [0.2, 0.25) is 0 Å². The summed E-state index contributed by atoms with van der Waals surface area (Å²) in [7, 11) is 0. The van der Waals surface area contributed by atoms with Gasteiger partial charge in [-0.2, -0.15) is 5.10 Å². The third-order valence-electron chi connectivity index (χ3n) is 4.34. The Morgan fingerprint density at radius 1 is 1.48 bits per heavy atom. The van der Waals surface area contributed by atoms with Crippen molar-refractivity contribution in [1.82, 2.24) is 25.4 Å². The van der Waals surface area contributed by atoms with E-state index in [2.05, 4.69) is 52.8 Å². The van der Waals surface area contributed by atoms with E-state index < -0.39 is 0 Å². The van der Waals surface area contributed by atoms with Crippen LogP contribution in [0.1, 0.15) is 36.6 Å². The van der Waals surface area contributed by atoms with Gasteiger partial charge in [-0.15, -0.1) is 0 Å². The van der Waals surface area contributed by atoms with E-state index in [4.69, 9.17) is 0 Å². The molecule has 2 amide bonds. The minimum Gasteiger partial charge on any atom is -0.334 e. The first-order chi connectivity index (χ1) is 11.0. The van der Waals surface area contributed by atoms with Crippen molar-refractivity contribution in [3.8, 4) is 0 Å². The van der Waals surface area contributed by atoms with Crippen molar-refractivity contribution in [3.05, 3.63) is 47.5 Å². The van der Waals surface area contributed by atoms with Gasteiger partial charge in [0.2, 0.25) is 0 Å². The average molecular weight is 313 g/mol. The van der Waals surface area contributed by atoms with E-state index in [0.717, 1.165) is 6.42 Å². The average Bonchev–Trinajstić information content (AvgIpc) is 3.08. The van der Waals surface area contributed by atoms with Gasteiger partial charge in [-0.25, -0.2) is 9.78 Å². The molecule has 23 heavy (non-hydrogen) atoms. The molecule has 6 nitrogen and oxygen atoms in total. The predicted octanol–water partition coefficient (Wildman–Crippen LogP) is 2.21. The van der Waals surface area contributed by atoms with E-state index in [0.29, 0.717) is 12.5 Å². The molecule has 1 aromatic carbocycles. The van der Waals surface area contributed by atoms with Crippen LogP contribution in [0, 0.1) is 12.8 Å². The highest BCUT2D eigenvalue weighted by Gasteiger charge is 2.30. The lowest BCUT2D eigenvalue weighted by Gasteiger charge is -2.21. The SMILES string of the molecule is Cc1ccc2c(c1)[C@H](NC(=O)N[C@@H](C)Cn1cncn1)[C@@H](C)C2. The zero-order chi connectivity index (χ0) is 16.4. The van der Waals surface area contributed by atoms with Gasteiger partial charge in [0.25, 0.3) is 0 Å². The van der Waals surface area contributed by atoms with Crippen LogP contribution >= 0.6 is 0 Å². The smallest absolute Gasteiger partial charge is 0.315 e. The lowest BCUT2D eigenvalue weighted by atomic mass is 10.0. The van der Waals surface area contributed by atoms with Gasteiger partial charge < -0.3 is 10.6 Å². The molecule has 3 atom stereocenters. The summed E-state index contributed by atoms with van der Waals surface area (Å²) < 4.78 is 1.71. The first-order valence-electron chi connectivity index (χ1n) is 8.02. The Morgan fingerprint density at radius 3 is 3.04 bits per heavy atom. The summed E-state index contributed by atoms with van der Waals surface area (Å²) in [5, 5.41) is 10.2. The maximum atomic E-state index is 12.3. The second kappa shape index (κ2) is 6.40. The summed E-state index contributed by atoms with van der Waals surface area (Å²) in [6.45, 7) is 6.82. The summed E-state index contributed by atoms with van der Waals surface area (Å²) in [4.78, 5) is 16.2. The molecular formula is C17H23N5O. The fourth-order valence-electron chi connectivity index (χ4n) is 3.24. The summed E-state index contributed by atoms with van der Waals surface area (Å²) in [5.74, 6) is 0.406. The minimum atomic E-state index is -0.135. The molecule has 1 heterocycles. The highest BCUT2D eigenvalue weighted by molar-refractivity contribution is 5.75. The molecule has 1 aliphatic carbocycles. The van der Waals surface area contributed by atoms with E-state index >= 15 is 0 Å². The molecule has 2 aromatic rings. The normalized spacial score (nSPS) is 20.8. The molecule has 3 rings (SSSR count). The molecule has 1 aromatic heterocycles. The highest BCUT2D eigenvalue weighted by Crippen LogP contribution is 2.36. The van der Waals surface area contributed by atoms with E-state index in [1.54, 1.807) is 11.0 Å². The topological polar surface area (TPSA) is 71.8 Å². The van der Waals surface area contributed by atoms with Gasteiger partial charge in [0.05, 0.1) is 12.6 Å². The molecule has 1 aliphatic rings. The van der Waals surface area contributed by atoms with Crippen molar-refractivity contribution in [2.45, 2.75) is 45.8 Å². The molecular weight excluding hydrogens is 290 g/mol. The van der Waals surface area contributed by atoms with Gasteiger partial charge in [-0.1, -0.05) is 30.7 Å². The summed E-state index contributed by atoms with van der Waals surface area (Å²) in [5.41, 5.74) is 3.81. The molecule has 0 saturated carbocycles. The van der Waals surface area contributed by atoms with Crippen LogP contribution in [-0.2, 0) is 13.0 Å². The van der Waals surface area contributed by atoms with E-state index in [9.17, 15) is 4.79 Å². The monoisotopic (exact) mass is 313 g/mol. The van der Waals surface area contributed by atoms with Crippen molar-refractivity contribution >= 4 is 6.03 Å². The van der Waals surface area contributed by atoms with Gasteiger partial charge in [0.15, 0.2) is 0 Å². The zero-order valence-electron chi connectivity index (χ0n) is 13.8. The Labute approximate surface area is 136 Å². The summed E-state index contributed by atoms with van der Waals surface area (Å²) in [6.07, 6.45) is 4.15. The van der Waals surface area contributed by atoms with Crippen molar-refractivity contribution in [1.29, 1.82) is 0 Å². The Bertz CT molecular complexity index is 682. The first kappa shape index (κ1) is 15.5. The molecule has 2 N–H and O–H groups in total. The Hall–Kier alpha value is -2.37. The quantitative estimate of drug-likeness (QED) is 0.909. The molecule has 6 heteroatoms. The fourth-order valence-corrected chi connectivity index (χ4v) is 3.24. The van der Waals surface area contributed by atoms with Crippen LogP contribution in [0.25, 0.3) is 0 Å². The van der Waals surface area contributed by atoms with Crippen LogP contribution in [0.15, 0.2) is 30.9 Å². The van der Waals surface area contributed by atoms with Crippen molar-refractivity contribution in [2.24, 2.45) is 5.92 Å². The summed E-state index contributed by atoms with van der Waals surface area (Å²) >= 11 is 0. The molecule has 0 fully saturated rings. The Kier molecular flexibility index (Phi) is 4.32. The molecule has 0 spiro atoms. The first-order valence-corrected chi connectivity index (χ1v) is 8.02. The number of rotatable bonds is 4. The Morgan fingerprint density at radius 2 is 2.30 bits per heavy atom. The standard InChI is InChI=1S/C17H23N5O/c1-11-4-5-14-7-12(2)16(15(14)6-11)21-17(23)20-13(3)8-22-10-18-9-19-22/h4-6,9-10,12-13,16H,7-8H2,1-3H3,(H2,20,21,23)/t12-,13-,16+/m0/s1. The number of carbonyl (C=O) groups is 1. The molecule has 0 bridgehead atoms. The highest BCUT2D eigenvalue weighted by atomic mass is 16.2.